The number of halogens is 3. The van der Waals surface area contributed by atoms with E-state index in [-0.39, 0.29) is 24.3 Å². The average molecular weight is 349 g/mol. The van der Waals surface area contributed by atoms with Crippen LogP contribution in [0.2, 0.25) is 0 Å². The van der Waals surface area contributed by atoms with Gasteiger partial charge in [0.2, 0.25) is 5.91 Å². The van der Waals surface area contributed by atoms with Gasteiger partial charge < -0.3 is 10.4 Å². The fraction of sp³-hybridized carbons (Fsp3) is 0.316. The van der Waals surface area contributed by atoms with Crippen LogP contribution in [0.4, 0.5) is 13.2 Å². The van der Waals surface area contributed by atoms with Gasteiger partial charge in [0.25, 0.3) is 0 Å². The van der Waals surface area contributed by atoms with E-state index >= 15 is 0 Å². The van der Waals surface area contributed by atoms with Crippen LogP contribution in [0.5, 0.6) is 0 Å². The summed E-state index contributed by atoms with van der Waals surface area (Å²) in [6, 6.07) is 13.6. The van der Waals surface area contributed by atoms with Crippen LogP contribution < -0.4 is 5.32 Å². The monoisotopic (exact) mass is 349 g/mol. The highest BCUT2D eigenvalue weighted by molar-refractivity contribution is 5.83. The molecule has 0 aromatic heterocycles. The number of nitrogens with one attached hydrogen (secondary N) is 1. The van der Waals surface area contributed by atoms with Gasteiger partial charge in [0, 0.05) is 5.92 Å². The lowest BCUT2D eigenvalue weighted by Gasteiger charge is -2.16. The van der Waals surface area contributed by atoms with E-state index in [9.17, 15) is 23.1 Å². The first-order chi connectivity index (χ1) is 11.9. The summed E-state index contributed by atoms with van der Waals surface area (Å²) >= 11 is 0. The number of hydrogen-bond donors (Lipinski definition) is 2. The van der Waals surface area contributed by atoms with Crippen molar-refractivity contribution < 1.29 is 23.1 Å². The summed E-state index contributed by atoms with van der Waals surface area (Å²) in [5.41, 5.74) is 0.848. The van der Waals surface area contributed by atoms with Gasteiger partial charge in [-0.2, -0.15) is 13.2 Å². The van der Waals surface area contributed by atoms with Gasteiger partial charge in [-0.3, -0.25) is 4.79 Å². The molecular formula is C19H18F3NO2. The molecule has 0 spiro atoms. The van der Waals surface area contributed by atoms with E-state index in [1.54, 1.807) is 0 Å². The molecule has 0 heterocycles. The molecule has 3 atom stereocenters. The molecular weight excluding hydrogens is 331 g/mol. The molecule has 1 amide bonds. The van der Waals surface area contributed by atoms with E-state index in [1.165, 1.54) is 12.1 Å². The molecule has 0 aliphatic heterocycles. The summed E-state index contributed by atoms with van der Waals surface area (Å²) in [4.78, 5) is 12.4. The first-order valence-corrected chi connectivity index (χ1v) is 8.03. The molecule has 25 heavy (non-hydrogen) atoms. The second-order valence-electron chi connectivity index (χ2n) is 6.22. The second kappa shape index (κ2) is 6.88. The molecule has 2 unspecified atom stereocenters. The number of aliphatic hydroxyl groups excluding tert-OH is 1. The fourth-order valence-electron chi connectivity index (χ4n) is 2.97. The number of benzene rings is 2. The number of carbonyl (C=O) groups excluding carboxylic acids is 1. The Labute approximate surface area is 143 Å². The number of alkyl halides is 3. The number of carbonyl (C=O) groups is 1. The molecule has 0 bridgehead atoms. The zero-order chi connectivity index (χ0) is 18.0. The Morgan fingerprint density at radius 3 is 2.32 bits per heavy atom. The molecule has 1 aliphatic carbocycles. The van der Waals surface area contributed by atoms with Crippen molar-refractivity contribution in [3.63, 3.8) is 0 Å². The Hall–Kier alpha value is -2.34. The summed E-state index contributed by atoms with van der Waals surface area (Å²) < 4.78 is 37.8. The molecule has 3 rings (SSSR count). The maximum atomic E-state index is 12.6. The van der Waals surface area contributed by atoms with Gasteiger partial charge in [0.15, 0.2) is 0 Å². The minimum Gasteiger partial charge on any atom is -0.394 e. The van der Waals surface area contributed by atoms with Crippen LogP contribution in [-0.2, 0) is 11.0 Å². The third-order valence-corrected chi connectivity index (χ3v) is 4.49. The molecule has 1 aliphatic rings. The largest absolute Gasteiger partial charge is 0.416 e. The Morgan fingerprint density at radius 1 is 1.12 bits per heavy atom. The number of amides is 1. The molecule has 132 valence electrons. The summed E-state index contributed by atoms with van der Waals surface area (Å²) in [7, 11) is 0. The predicted molar refractivity (Wildman–Crippen MR) is 86.7 cm³/mol. The topological polar surface area (TPSA) is 49.3 Å². The quantitative estimate of drug-likeness (QED) is 0.866. The van der Waals surface area contributed by atoms with Crippen molar-refractivity contribution in [2.75, 3.05) is 6.61 Å². The Balaban J connectivity index is 1.62. The van der Waals surface area contributed by atoms with Crippen LogP contribution >= 0.6 is 0 Å². The highest BCUT2D eigenvalue weighted by Crippen LogP contribution is 2.48. The van der Waals surface area contributed by atoms with Gasteiger partial charge in [0.1, 0.15) is 0 Å². The van der Waals surface area contributed by atoms with Gasteiger partial charge in [-0.25, -0.2) is 0 Å². The highest BCUT2D eigenvalue weighted by Gasteiger charge is 2.44. The van der Waals surface area contributed by atoms with Gasteiger partial charge in [0.05, 0.1) is 18.2 Å². The Kier molecular flexibility index (Phi) is 4.81. The summed E-state index contributed by atoms with van der Waals surface area (Å²) in [6.45, 7) is -0.215. The zero-order valence-electron chi connectivity index (χ0n) is 13.3. The van der Waals surface area contributed by atoms with Crippen LogP contribution in [0, 0.1) is 5.92 Å². The minimum atomic E-state index is -4.36. The van der Waals surface area contributed by atoms with Crippen molar-refractivity contribution in [3.8, 4) is 0 Å². The van der Waals surface area contributed by atoms with Crippen molar-refractivity contribution in [2.45, 2.75) is 24.6 Å². The molecule has 1 fully saturated rings. The van der Waals surface area contributed by atoms with Crippen molar-refractivity contribution in [1.29, 1.82) is 0 Å². The van der Waals surface area contributed by atoms with Crippen LogP contribution in [-0.4, -0.2) is 17.6 Å². The summed E-state index contributed by atoms with van der Waals surface area (Å²) in [6.07, 6.45) is -3.76. The molecule has 3 nitrogen and oxygen atoms in total. The van der Waals surface area contributed by atoms with Gasteiger partial charge in [-0.15, -0.1) is 0 Å². The Bertz CT molecular complexity index is 729. The maximum Gasteiger partial charge on any atom is 0.416 e. The summed E-state index contributed by atoms with van der Waals surface area (Å²) in [5, 5.41) is 12.3. The van der Waals surface area contributed by atoms with E-state index < -0.39 is 17.8 Å². The number of aliphatic hydroxyl groups is 1. The van der Waals surface area contributed by atoms with Crippen LogP contribution in [0.1, 0.15) is 35.1 Å². The molecule has 2 N–H and O–H groups in total. The van der Waals surface area contributed by atoms with Crippen molar-refractivity contribution >= 4 is 5.91 Å². The number of hydrogen-bond acceptors (Lipinski definition) is 2. The van der Waals surface area contributed by atoms with E-state index in [0.29, 0.717) is 6.42 Å². The van der Waals surface area contributed by atoms with Crippen LogP contribution in [0.3, 0.4) is 0 Å². The van der Waals surface area contributed by atoms with E-state index in [4.69, 9.17) is 0 Å². The third-order valence-electron chi connectivity index (χ3n) is 4.49. The van der Waals surface area contributed by atoms with Gasteiger partial charge in [-0.05, 0) is 35.6 Å². The second-order valence-corrected chi connectivity index (χ2v) is 6.22. The van der Waals surface area contributed by atoms with Crippen molar-refractivity contribution in [2.24, 2.45) is 5.92 Å². The SMILES string of the molecule is O=C(N[C@H](CO)c1ccccc1)C1CC1c1ccc(C(F)(F)F)cc1. The third kappa shape index (κ3) is 4.02. The van der Waals surface area contributed by atoms with Crippen molar-refractivity contribution in [3.05, 3.63) is 71.3 Å². The standard InChI is InChI=1S/C19H18F3NO2/c20-19(21,22)14-8-6-12(7-9-14)15-10-16(15)18(25)23-17(11-24)13-4-2-1-3-5-13/h1-9,15-17,24H,10-11H2,(H,23,25)/t15?,16?,17-/m1/s1. The van der Waals surface area contributed by atoms with E-state index in [1.807, 2.05) is 30.3 Å². The fourth-order valence-corrected chi connectivity index (χ4v) is 2.97. The van der Waals surface area contributed by atoms with E-state index in [0.717, 1.165) is 23.3 Å². The first kappa shape index (κ1) is 17.5. The molecule has 2 aromatic rings. The molecule has 6 heteroatoms. The van der Waals surface area contributed by atoms with Crippen molar-refractivity contribution in [1.82, 2.24) is 5.32 Å². The normalized spacial score (nSPS) is 20.8. The van der Waals surface area contributed by atoms with E-state index in [2.05, 4.69) is 5.32 Å². The lowest BCUT2D eigenvalue weighted by molar-refractivity contribution is -0.137. The molecule has 1 saturated carbocycles. The molecule has 0 saturated heterocycles. The predicted octanol–water partition coefficient (Wildman–Crippen LogP) is 3.66. The van der Waals surface area contributed by atoms with Gasteiger partial charge >= 0.3 is 6.18 Å². The first-order valence-electron chi connectivity index (χ1n) is 8.03. The van der Waals surface area contributed by atoms with Gasteiger partial charge in [-0.1, -0.05) is 42.5 Å². The maximum absolute atomic E-state index is 12.6. The van der Waals surface area contributed by atoms with Crippen LogP contribution in [0.15, 0.2) is 54.6 Å². The molecule has 2 aromatic carbocycles. The smallest absolute Gasteiger partial charge is 0.394 e. The van der Waals surface area contributed by atoms with Crippen LogP contribution in [0.25, 0.3) is 0 Å². The lowest BCUT2D eigenvalue weighted by Crippen LogP contribution is -2.32. The number of rotatable bonds is 5. The zero-order valence-corrected chi connectivity index (χ0v) is 13.3. The molecule has 0 radical (unpaired) electrons. The lowest BCUT2D eigenvalue weighted by atomic mass is 10.1. The average Bonchev–Trinajstić information content (AvgIpc) is 3.40. The summed E-state index contributed by atoms with van der Waals surface area (Å²) in [5.74, 6) is -0.528. The minimum absolute atomic E-state index is 0.0719. The Morgan fingerprint density at radius 2 is 1.76 bits per heavy atom. The highest BCUT2D eigenvalue weighted by atomic mass is 19.4.